The summed E-state index contributed by atoms with van der Waals surface area (Å²) >= 11 is 0. The zero-order chi connectivity index (χ0) is 14.1. The maximum atomic E-state index is 5.55. The average Bonchev–Trinajstić information content (AvgIpc) is 3.00. The van der Waals surface area contributed by atoms with E-state index < -0.39 is 0 Å². The van der Waals surface area contributed by atoms with Crippen LogP contribution < -0.4 is 10.1 Å². The first-order valence-corrected chi connectivity index (χ1v) is 7.22. The van der Waals surface area contributed by atoms with Crippen molar-refractivity contribution in [3.05, 3.63) is 65.9 Å². The maximum Gasteiger partial charge on any atom is 0.122 e. The number of hydrogen-bond donors (Lipinski definition) is 1. The van der Waals surface area contributed by atoms with Gasteiger partial charge in [0.1, 0.15) is 5.75 Å². The van der Waals surface area contributed by atoms with Gasteiger partial charge in [-0.25, -0.2) is 0 Å². The number of aromatic nitrogens is 1. The minimum atomic E-state index is 0.807. The number of rotatable bonds is 3. The van der Waals surface area contributed by atoms with Crippen molar-refractivity contribution in [2.24, 2.45) is 0 Å². The molecule has 1 N–H and O–H groups in total. The molecule has 2 aromatic carbocycles. The molecule has 0 atom stereocenters. The van der Waals surface area contributed by atoms with Gasteiger partial charge >= 0.3 is 0 Å². The second-order valence-electron chi connectivity index (χ2n) is 5.27. The van der Waals surface area contributed by atoms with E-state index >= 15 is 0 Å². The highest BCUT2D eigenvalue weighted by Gasteiger charge is 2.11. The Hall–Kier alpha value is -2.55. The van der Waals surface area contributed by atoms with Gasteiger partial charge in [-0.2, -0.15) is 0 Å². The van der Waals surface area contributed by atoms with Gasteiger partial charge < -0.3 is 10.1 Å². The van der Waals surface area contributed by atoms with Gasteiger partial charge in [-0.1, -0.05) is 18.2 Å². The van der Waals surface area contributed by atoms with E-state index in [1.807, 2.05) is 24.4 Å². The van der Waals surface area contributed by atoms with Crippen LogP contribution in [0.15, 0.2) is 54.7 Å². The van der Waals surface area contributed by atoms with Crippen LogP contribution in [0.4, 0.5) is 5.69 Å². The molecule has 0 amide bonds. The lowest BCUT2D eigenvalue weighted by Gasteiger charge is -2.10. The molecule has 0 radical (unpaired) electrons. The van der Waals surface area contributed by atoms with Gasteiger partial charge in [0.05, 0.1) is 12.1 Å². The average molecular weight is 276 g/mol. The van der Waals surface area contributed by atoms with Crippen molar-refractivity contribution in [3.63, 3.8) is 0 Å². The number of nitrogens with zero attached hydrogens (tertiary/aromatic N) is 1. The summed E-state index contributed by atoms with van der Waals surface area (Å²) in [4.78, 5) is 4.39. The van der Waals surface area contributed by atoms with Gasteiger partial charge in [0.2, 0.25) is 0 Å². The lowest BCUT2D eigenvalue weighted by atomic mass is 10.1. The molecule has 2 heterocycles. The van der Waals surface area contributed by atoms with Crippen LogP contribution in [-0.4, -0.2) is 11.6 Å². The molecular weight excluding hydrogens is 260 g/mol. The summed E-state index contributed by atoms with van der Waals surface area (Å²) in [7, 11) is 0. The number of nitrogens with one attached hydrogen (secondary N) is 1. The van der Waals surface area contributed by atoms with Crippen LogP contribution in [0.5, 0.6) is 5.75 Å². The van der Waals surface area contributed by atoms with Crippen LogP contribution in [0.1, 0.15) is 11.1 Å². The molecule has 104 valence electrons. The molecular formula is C18H16N2O. The van der Waals surface area contributed by atoms with Crippen LogP contribution >= 0.6 is 0 Å². The van der Waals surface area contributed by atoms with Crippen molar-refractivity contribution in [1.82, 2.24) is 4.98 Å². The van der Waals surface area contributed by atoms with Crippen molar-refractivity contribution in [2.75, 3.05) is 11.9 Å². The predicted molar refractivity (Wildman–Crippen MR) is 84.7 cm³/mol. The fourth-order valence-corrected chi connectivity index (χ4v) is 2.80. The van der Waals surface area contributed by atoms with E-state index in [1.54, 1.807) is 0 Å². The van der Waals surface area contributed by atoms with Gasteiger partial charge in [0, 0.05) is 30.2 Å². The lowest BCUT2D eigenvalue weighted by Crippen LogP contribution is -2.00. The third-order valence-electron chi connectivity index (χ3n) is 3.88. The van der Waals surface area contributed by atoms with E-state index in [4.69, 9.17) is 4.74 Å². The summed E-state index contributed by atoms with van der Waals surface area (Å²) in [5.41, 5.74) is 4.73. The minimum Gasteiger partial charge on any atom is -0.493 e. The number of hydrogen-bond acceptors (Lipinski definition) is 3. The zero-order valence-electron chi connectivity index (χ0n) is 11.7. The minimum absolute atomic E-state index is 0.807. The fraction of sp³-hybridized carbons (Fsp3) is 0.167. The van der Waals surface area contributed by atoms with E-state index in [2.05, 4.69) is 40.6 Å². The van der Waals surface area contributed by atoms with Gasteiger partial charge in [-0.05, 0) is 41.5 Å². The molecule has 1 aliphatic rings. The molecule has 3 aromatic rings. The second-order valence-corrected chi connectivity index (χ2v) is 5.27. The number of ether oxygens (including phenoxy) is 1. The molecule has 0 fully saturated rings. The number of pyridine rings is 1. The van der Waals surface area contributed by atoms with Crippen LogP contribution in [-0.2, 0) is 13.0 Å². The molecule has 0 aliphatic carbocycles. The highest BCUT2D eigenvalue weighted by molar-refractivity contribution is 5.91. The van der Waals surface area contributed by atoms with Crippen molar-refractivity contribution < 1.29 is 4.74 Å². The Labute approximate surface area is 123 Å². The van der Waals surface area contributed by atoms with Gasteiger partial charge in [-0.15, -0.1) is 0 Å². The molecule has 0 spiro atoms. The van der Waals surface area contributed by atoms with E-state index in [9.17, 15) is 0 Å². The van der Waals surface area contributed by atoms with Crippen LogP contribution in [0, 0.1) is 0 Å². The Kier molecular flexibility index (Phi) is 2.96. The monoisotopic (exact) mass is 276 g/mol. The maximum absolute atomic E-state index is 5.55. The van der Waals surface area contributed by atoms with Gasteiger partial charge in [0.15, 0.2) is 0 Å². The van der Waals surface area contributed by atoms with E-state index in [1.165, 1.54) is 11.1 Å². The van der Waals surface area contributed by atoms with Crippen LogP contribution in [0.2, 0.25) is 0 Å². The first-order valence-electron chi connectivity index (χ1n) is 7.22. The quantitative estimate of drug-likeness (QED) is 0.790. The standard InChI is InChI=1S/C18H16N2O/c1-4-16-15(3-2-9-19-16)17(5-1)20-12-13-6-7-18-14(11-13)8-10-21-18/h1-7,9,11,20H,8,10,12H2. The Morgan fingerprint density at radius 2 is 2.10 bits per heavy atom. The lowest BCUT2D eigenvalue weighted by molar-refractivity contribution is 0.357. The van der Waals surface area contributed by atoms with Crippen molar-refractivity contribution in [2.45, 2.75) is 13.0 Å². The molecule has 1 aliphatic heterocycles. The highest BCUT2D eigenvalue weighted by atomic mass is 16.5. The Morgan fingerprint density at radius 1 is 1.10 bits per heavy atom. The molecule has 3 nitrogen and oxygen atoms in total. The van der Waals surface area contributed by atoms with E-state index in [0.29, 0.717) is 0 Å². The number of fused-ring (bicyclic) bond motifs is 2. The molecule has 1 aromatic heterocycles. The van der Waals surface area contributed by atoms with E-state index in [-0.39, 0.29) is 0 Å². The largest absolute Gasteiger partial charge is 0.493 e. The smallest absolute Gasteiger partial charge is 0.122 e. The summed E-state index contributed by atoms with van der Waals surface area (Å²) in [6, 6.07) is 16.7. The Balaban J connectivity index is 1.58. The van der Waals surface area contributed by atoms with Gasteiger partial charge in [-0.3, -0.25) is 4.98 Å². The number of anilines is 1. The summed E-state index contributed by atoms with van der Waals surface area (Å²) in [5, 5.41) is 4.67. The molecule has 0 unspecified atom stereocenters. The second kappa shape index (κ2) is 5.09. The third kappa shape index (κ3) is 2.31. The normalized spacial score (nSPS) is 13.0. The SMILES string of the molecule is c1cc(NCc2ccc3c(c2)CCO3)c2cccnc2c1. The predicted octanol–water partition coefficient (Wildman–Crippen LogP) is 3.78. The highest BCUT2D eigenvalue weighted by Crippen LogP contribution is 2.27. The number of benzene rings is 2. The summed E-state index contributed by atoms with van der Waals surface area (Å²) in [6.45, 7) is 1.61. The first-order chi connectivity index (χ1) is 10.4. The molecule has 21 heavy (non-hydrogen) atoms. The molecule has 0 saturated heterocycles. The van der Waals surface area contributed by atoms with Gasteiger partial charge in [0.25, 0.3) is 0 Å². The van der Waals surface area contributed by atoms with Crippen LogP contribution in [0.25, 0.3) is 10.9 Å². The third-order valence-corrected chi connectivity index (χ3v) is 3.88. The van der Waals surface area contributed by atoms with Crippen molar-refractivity contribution in [3.8, 4) is 5.75 Å². The zero-order valence-corrected chi connectivity index (χ0v) is 11.7. The summed E-state index contributed by atoms with van der Waals surface area (Å²) in [5.74, 6) is 1.04. The molecule has 3 heteroatoms. The fourth-order valence-electron chi connectivity index (χ4n) is 2.80. The Morgan fingerprint density at radius 3 is 3.10 bits per heavy atom. The van der Waals surface area contributed by atoms with Crippen molar-refractivity contribution in [1.29, 1.82) is 0 Å². The van der Waals surface area contributed by atoms with E-state index in [0.717, 1.165) is 41.9 Å². The molecule has 0 bridgehead atoms. The summed E-state index contributed by atoms with van der Waals surface area (Å²) in [6.07, 6.45) is 2.84. The molecule has 0 saturated carbocycles. The topological polar surface area (TPSA) is 34.1 Å². The van der Waals surface area contributed by atoms with Crippen molar-refractivity contribution >= 4 is 16.6 Å². The molecule has 4 rings (SSSR count). The van der Waals surface area contributed by atoms with Crippen LogP contribution in [0.3, 0.4) is 0 Å². The first kappa shape index (κ1) is 12.2. The summed E-state index contributed by atoms with van der Waals surface area (Å²) < 4.78 is 5.55. The Bertz CT molecular complexity index is 793.